The summed E-state index contributed by atoms with van der Waals surface area (Å²) in [4.78, 5) is 35.5. The molecule has 23 heavy (non-hydrogen) atoms. The predicted molar refractivity (Wildman–Crippen MR) is 84.7 cm³/mol. The molecule has 0 aromatic heterocycles. The lowest BCUT2D eigenvalue weighted by Crippen LogP contribution is -2.48. The van der Waals surface area contributed by atoms with Crippen LogP contribution >= 0.6 is 12.6 Å². The van der Waals surface area contributed by atoms with E-state index in [2.05, 4.69) is 23.3 Å². The van der Waals surface area contributed by atoms with E-state index in [1.54, 1.807) is 13.8 Å². The van der Waals surface area contributed by atoms with Crippen LogP contribution in [0.4, 0.5) is 0 Å². The minimum Gasteiger partial charge on any atom is -0.448 e. The average Bonchev–Trinajstić information content (AvgIpc) is 2.55. The summed E-state index contributed by atoms with van der Waals surface area (Å²) in [6.07, 6.45) is -1.01. The molecule has 1 unspecified atom stereocenters. The van der Waals surface area contributed by atoms with Gasteiger partial charge in [-0.1, -0.05) is 13.8 Å². The van der Waals surface area contributed by atoms with Crippen LogP contribution in [0, 0.1) is 5.41 Å². The SMILES string of the molecule is CC1(O)OCC(C)(C)[C@H](C(=O)NCCC(=O)NCCS)OC1=O. The highest BCUT2D eigenvalue weighted by atomic mass is 32.1. The molecule has 2 amide bonds. The average molecular weight is 348 g/mol. The van der Waals surface area contributed by atoms with Crippen LogP contribution in [0.15, 0.2) is 0 Å². The van der Waals surface area contributed by atoms with Crippen LogP contribution in [-0.4, -0.2) is 60.2 Å². The first-order valence-electron chi connectivity index (χ1n) is 7.33. The standard InChI is InChI=1S/C14H24N2O6S/c1-13(2)8-21-14(3,20)12(19)22-10(13)11(18)16-5-4-9(17)15-6-7-23/h10,20,23H,4-8H2,1-3H3,(H,15,17)(H,16,18)/t10-,14?/m0/s1. The minimum atomic E-state index is -2.08. The van der Waals surface area contributed by atoms with E-state index in [0.29, 0.717) is 12.3 Å². The molecule has 1 heterocycles. The van der Waals surface area contributed by atoms with Crippen molar-refractivity contribution in [3.05, 3.63) is 0 Å². The summed E-state index contributed by atoms with van der Waals surface area (Å²) in [6, 6.07) is 0. The highest BCUT2D eigenvalue weighted by molar-refractivity contribution is 7.80. The zero-order valence-corrected chi connectivity index (χ0v) is 14.4. The third kappa shape index (κ3) is 5.67. The van der Waals surface area contributed by atoms with Gasteiger partial charge in [0.2, 0.25) is 5.91 Å². The molecule has 0 spiro atoms. The Labute approximate surface area is 140 Å². The summed E-state index contributed by atoms with van der Waals surface area (Å²) in [6.45, 7) is 5.06. The normalized spacial score (nSPS) is 26.8. The van der Waals surface area contributed by atoms with Crippen molar-refractivity contribution in [2.45, 2.75) is 39.1 Å². The molecular weight excluding hydrogens is 324 g/mol. The van der Waals surface area contributed by atoms with E-state index in [-0.39, 0.29) is 25.5 Å². The fraction of sp³-hybridized carbons (Fsp3) is 0.786. The number of aliphatic hydroxyl groups is 1. The van der Waals surface area contributed by atoms with Crippen molar-refractivity contribution in [2.24, 2.45) is 5.41 Å². The fourth-order valence-corrected chi connectivity index (χ4v) is 2.03. The Morgan fingerprint density at radius 1 is 1.30 bits per heavy atom. The number of nitrogens with one attached hydrogen (secondary N) is 2. The molecule has 0 radical (unpaired) electrons. The van der Waals surface area contributed by atoms with Gasteiger partial charge in [0.25, 0.3) is 11.7 Å². The zero-order valence-electron chi connectivity index (χ0n) is 13.5. The predicted octanol–water partition coefficient (Wildman–Crippen LogP) is -0.785. The molecule has 0 bridgehead atoms. The quantitative estimate of drug-likeness (QED) is 0.370. The number of esters is 1. The molecule has 0 aromatic rings. The third-order valence-corrected chi connectivity index (χ3v) is 3.59. The van der Waals surface area contributed by atoms with Gasteiger partial charge in [0.1, 0.15) is 0 Å². The molecule has 2 atom stereocenters. The fourth-order valence-electron chi connectivity index (χ4n) is 1.92. The number of hydrogen-bond donors (Lipinski definition) is 4. The van der Waals surface area contributed by atoms with Crippen molar-refractivity contribution in [1.29, 1.82) is 0 Å². The van der Waals surface area contributed by atoms with Gasteiger partial charge in [0, 0.05) is 37.6 Å². The Bertz CT molecular complexity index is 466. The first-order chi connectivity index (χ1) is 10.6. The first kappa shape index (κ1) is 19.7. The Morgan fingerprint density at radius 2 is 1.96 bits per heavy atom. The first-order valence-corrected chi connectivity index (χ1v) is 7.96. The molecule has 1 aliphatic heterocycles. The van der Waals surface area contributed by atoms with Gasteiger partial charge < -0.3 is 25.2 Å². The minimum absolute atomic E-state index is 0.0355. The topological polar surface area (TPSA) is 114 Å². The summed E-state index contributed by atoms with van der Waals surface area (Å²) >= 11 is 3.97. The van der Waals surface area contributed by atoms with Crippen LogP contribution in [0.3, 0.4) is 0 Å². The van der Waals surface area contributed by atoms with Gasteiger partial charge in [0.15, 0.2) is 6.10 Å². The molecule has 3 N–H and O–H groups in total. The number of thiol groups is 1. The Hall–Kier alpha value is -1.32. The molecule has 1 fully saturated rings. The summed E-state index contributed by atoms with van der Waals surface area (Å²) < 4.78 is 10.2. The van der Waals surface area contributed by atoms with Gasteiger partial charge in [-0.25, -0.2) is 4.79 Å². The summed E-state index contributed by atoms with van der Waals surface area (Å²) in [5.74, 6) is -3.31. The van der Waals surface area contributed by atoms with Gasteiger partial charge >= 0.3 is 5.97 Å². The number of ether oxygens (including phenoxy) is 2. The number of carbonyl (C=O) groups is 3. The summed E-state index contributed by atoms with van der Waals surface area (Å²) in [7, 11) is 0. The molecule has 0 aromatic carbocycles. The lowest BCUT2D eigenvalue weighted by Gasteiger charge is -2.29. The van der Waals surface area contributed by atoms with E-state index in [1.807, 2.05) is 0 Å². The van der Waals surface area contributed by atoms with Crippen molar-refractivity contribution in [1.82, 2.24) is 10.6 Å². The maximum Gasteiger partial charge on any atom is 0.367 e. The second-order valence-electron chi connectivity index (χ2n) is 6.16. The van der Waals surface area contributed by atoms with Gasteiger partial charge in [0.05, 0.1) is 6.61 Å². The third-order valence-electron chi connectivity index (χ3n) is 3.36. The highest BCUT2D eigenvalue weighted by Gasteiger charge is 2.48. The monoisotopic (exact) mass is 348 g/mol. The van der Waals surface area contributed by atoms with E-state index in [1.165, 1.54) is 0 Å². The summed E-state index contributed by atoms with van der Waals surface area (Å²) in [5.41, 5.74) is -0.825. The number of rotatable bonds is 6. The lowest BCUT2D eigenvalue weighted by atomic mass is 9.87. The largest absolute Gasteiger partial charge is 0.448 e. The maximum absolute atomic E-state index is 12.2. The zero-order chi connectivity index (χ0) is 17.7. The van der Waals surface area contributed by atoms with Crippen molar-refractivity contribution >= 4 is 30.4 Å². The van der Waals surface area contributed by atoms with Crippen LogP contribution in [0.25, 0.3) is 0 Å². The van der Waals surface area contributed by atoms with Gasteiger partial charge in [-0.15, -0.1) is 0 Å². The van der Waals surface area contributed by atoms with E-state index in [4.69, 9.17) is 9.47 Å². The Balaban J connectivity index is 2.59. The molecule has 0 aliphatic carbocycles. The second-order valence-corrected chi connectivity index (χ2v) is 6.61. The van der Waals surface area contributed by atoms with Gasteiger partial charge in [-0.2, -0.15) is 12.6 Å². The van der Waals surface area contributed by atoms with Gasteiger partial charge in [-0.05, 0) is 0 Å². The van der Waals surface area contributed by atoms with Crippen LogP contribution in [0.1, 0.15) is 27.2 Å². The lowest BCUT2D eigenvalue weighted by molar-refractivity contribution is -0.214. The van der Waals surface area contributed by atoms with Crippen LogP contribution in [0.2, 0.25) is 0 Å². The van der Waals surface area contributed by atoms with E-state index >= 15 is 0 Å². The molecule has 9 heteroatoms. The van der Waals surface area contributed by atoms with Crippen molar-refractivity contribution in [2.75, 3.05) is 25.4 Å². The van der Waals surface area contributed by atoms with E-state index in [9.17, 15) is 19.5 Å². The van der Waals surface area contributed by atoms with E-state index in [0.717, 1.165) is 6.92 Å². The Kier molecular flexibility index (Phi) is 6.84. The second kappa shape index (κ2) is 7.98. The smallest absolute Gasteiger partial charge is 0.367 e. The van der Waals surface area contributed by atoms with Crippen LogP contribution in [0.5, 0.6) is 0 Å². The molecule has 132 valence electrons. The molecule has 8 nitrogen and oxygen atoms in total. The maximum atomic E-state index is 12.2. The van der Waals surface area contributed by atoms with Gasteiger partial charge in [-0.3, -0.25) is 9.59 Å². The van der Waals surface area contributed by atoms with Crippen LogP contribution < -0.4 is 10.6 Å². The van der Waals surface area contributed by atoms with E-state index < -0.39 is 29.2 Å². The number of hydrogen-bond acceptors (Lipinski definition) is 7. The molecular formula is C14H24N2O6S. The highest BCUT2D eigenvalue weighted by Crippen LogP contribution is 2.30. The van der Waals surface area contributed by atoms with Crippen LogP contribution in [-0.2, 0) is 23.9 Å². The molecule has 1 saturated heterocycles. The molecule has 1 rings (SSSR count). The molecule has 1 aliphatic rings. The Morgan fingerprint density at radius 3 is 2.57 bits per heavy atom. The van der Waals surface area contributed by atoms with Crippen molar-refractivity contribution < 1.29 is 29.0 Å². The van der Waals surface area contributed by atoms with Crippen molar-refractivity contribution in [3.8, 4) is 0 Å². The summed E-state index contributed by atoms with van der Waals surface area (Å²) in [5, 5.41) is 15.0. The number of carbonyl (C=O) groups excluding carboxylic acids is 3. The van der Waals surface area contributed by atoms with Crippen molar-refractivity contribution in [3.63, 3.8) is 0 Å². The number of amides is 2. The molecule has 0 saturated carbocycles. The number of cyclic esters (lactones) is 1.